The molecule has 2 heterocycles. The van der Waals surface area contributed by atoms with Crippen LogP contribution in [0.5, 0.6) is 0 Å². The Hall–Kier alpha value is -2.05. The lowest BCUT2D eigenvalue weighted by Crippen LogP contribution is -2.39. The van der Waals surface area contributed by atoms with Crippen molar-refractivity contribution in [3.63, 3.8) is 0 Å². The van der Waals surface area contributed by atoms with Crippen molar-refractivity contribution in [2.45, 2.75) is 52.5 Å². The second kappa shape index (κ2) is 9.43. The summed E-state index contributed by atoms with van der Waals surface area (Å²) >= 11 is 1.38. The van der Waals surface area contributed by atoms with Crippen LogP contribution in [0.1, 0.15) is 65.3 Å². The van der Waals surface area contributed by atoms with Gasteiger partial charge in [-0.2, -0.15) is 0 Å². The first-order valence-electron chi connectivity index (χ1n) is 10.1. The fourth-order valence-corrected chi connectivity index (χ4v) is 4.63. The van der Waals surface area contributed by atoms with Gasteiger partial charge < -0.3 is 10.2 Å². The Balaban J connectivity index is 1.57. The molecule has 28 heavy (non-hydrogen) atoms. The van der Waals surface area contributed by atoms with Gasteiger partial charge in [-0.15, -0.1) is 11.3 Å². The van der Waals surface area contributed by atoms with E-state index in [2.05, 4.69) is 22.1 Å². The first kappa shape index (κ1) is 20.7. The Labute approximate surface area is 171 Å². The van der Waals surface area contributed by atoms with E-state index in [0.717, 1.165) is 29.2 Å². The molecule has 150 valence electrons. The molecule has 1 amide bonds. The lowest BCUT2D eigenvalue weighted by Gasteiger charge is -2.33. The molecule has 0 spiro atoms. The zero-order valence-electron chi connectivity index (χ0n) is 17.0. The number of aromatic nitrogens is 1. The van der Waals surface area contributed by atoms with Crippen molar-refractivity contribution in [1.82, 2.24) is 15.2 Å². The number of carbonyl (C=O) groups is 2. The number of thiazole rings is 1. The van der Waals surface area contributed by atoms with E-state index in [-0.39, 0.29) is 11.7 Å². The minimum absolute atomic E-state index is 0.0242. The Morgan fingerprint density at radius 3 is 2.89 bits per heavy atom. The van der Waals surface area contributed by atoms with Crippen LogP contribution in [0, 0.1) is 6.92 Å². The number of hydrogen-bond donors (Lipinski definition) is 1. The van der Waals surface area contributed by atoms with Gasteiger partial charge in [-0.25, -0.2) is 4.98 Å². The average Bonchev–Trinajstić information content (AvgIpc) is 3.08. The summed E-state index contributed by atoms with van der Waals surface area (Å²) in [5.74, 6) is -0.0354. The van der Waals surface area contributed by atoms with E-state index in [1.807, 2.05) is 25.1 Å². The first-order chi connectivity index (χ1) is 13.5. The number of likely N-dealkylation sites (tertiary alicyclic amines) is 1. The number of aryl methyl sites for hydroxylation is 1. The van der Waals surface area contributed by atoms with Crippen molar-refractivity contribution >= 4 is 23.0 Å². The summed E-state index contributed by atoms with van der Waals surface area (Å²) < 4.78 is 0. The summed E-state index contributed by atoms with van der Waals surface area (Å²) in [4.78, 5) is 31.9. The largest absolute Gasteiger partial charge is 0.351 e. The number of Topliss-reactive ketones (excluding diaryl/α,β-unsaturated/α-hetero) is 1. The number of ketones is 1. The molecular formula is C22H29N3O2S. The molecule has 1 fully saturated rings. The fraction of sp³-hybridized carbons (Fsp3) is 0.500. The number of piperidine rings is 1. The second-order valence-electron chi connectivity index (χ2n) is 7.56. The molecule has 0 saturated carbocycles. The standard InChI is InChI=1S/C22H29N3O2S/c1-15-8-4-5-12-25(15)13-7-11-23-21(27)20-16(2)24-22(28-20)19-10-6-9-18(14-19)17(3)26/h6,9-10,14-15H,4-5,7-8,11-13H2,1-3H3,(H,23,27). The van der Waals surface area contributed by atoms with Gasteiger partial charge in [0.1, 0.15) is 9.88 Å². The van der Waals surface area contributed by atoms with E-state index in [1.165, 1.54) is 37.1 Å². The topological polar surface area (TPSA) is 62.3 Å². The van der Waals surface area contributed by atoms with Crippen molar-refractivity contribution < 1.29 is 9.59 Å². The molecule has 0 aliphatic carbocycles. The summed E-state index contributed by atoms with van der Waals surface area (Å²) in [6.07, 6.45) is 4.85. The Bertz CT molecular complexity index is 846. The molecule has 1 unspecified atom stereocenters. The lowest BCUT2D eigenvalue weighted by atomic mass is 10.0. The van der Waals surface area contributed by atoms with Gasteiger partial charge in [-0.1, -0.05) is 24.6 Å². The summed E-state index contributed by atoms with van der Waals surface area (Å²) in [7, 11) is 0. The molecular weight excluding hydrogens is 370 g/mol. The number of carbonyl (C=O) groups excluding carboxylic acids is 2. The zero-order valence-corrected chi connectivity index (χ0v) is 17.8. The SMILES string of the molecule is CC(=O)c1cccc(-c2nc(C)c(C(=O)NCCCN3CCCCC3C)s2)c1. The second-order valence-corrected chi connectivity index (χ2v) is 8.56. The van der Waals surface area contributed by atoms with Gasteiger partial charge >= 0.3 is 0 Å². The molecule has 1 saturated heterocycles. The molecule has 1 aliphatic heterocycles. The van der Waals surface area contributed by atoms with Crippen molar-refractivity contribution in [2.75, 3.05) is 19.6 Å². The quantitative estimate of drug-likeness (QED) is 0.556. The third-order valence-corrected chi connectivity index (χ3v) is 6.57. The maximum Gasteiger partial charge on any atom is 0.263 e. The van der Waals surface area contributed by atoms with E-state index < -0.39 is 0 Å². The van der Waals surface area contributed by atoms with Crippen LogP contribution in [0.25, 0.3) is 10.6 Å². The van der Waals surface area contributed by atoms with Crippen LogP contribution in [0.2, 0.25) is 0 Å². The number of hydrogen-bond acceptors (Lipinski definition) is 5. The highest BCUT2D eigenvalue weighted by atomic mass is 32.1. The highest BCUT2D eigenvalue weighted by molar-refractivity contribution is 7.17. The van der Waals surface area contributed by atoms with Crippen LogP contribution >= 0.6 is 11.3 Å². The van der Waals surface area contributed by atoms with E-state index in [9.17, 15) is 9.59 Å². The Morgan fingerprint density at radius 2 is 2.14 bits per heavy atom. The molecule has 0 bridgehead atoms. The lowest BCUT2D eigenvalue weighted by molar-refractivity contribution is 0.0951. The molecule has 2 aromatic rings. The minimum Gasteiger partial charge on any atom is -0.351 e. The maximum absolute atomic E-state index is 12.6. The van der Waals surface area contributed by atoms with Gasteiger partial charge in [0.15, 0.2) is 5.78 Å². The fourth-order valence-electron chi connectivity index (χ4n) is 3.66. The van der Waals surface area contributed by atoms with Crippen LogP contribution in [-0.4, -0.2) is 47.3 Å². The van der Waals surface area contributed by atoms with Gasteiger partial charge in [0, 0.05) is 30.3 Å². The monoisotopic (exact) mass is 399 g/mol. The van der Waals surface area contributed by atoms with Crippen molar-refractivity contribution in [2.24, 2.45) is 0 Å². The van der Waals surface area contributed by atoms with Crippen LogP contribution < -0.4 is 5.32 Å². The number of nitrogens with zero attached hydrogens (tertiary/aromatic N) is 2. The molecule has 5 nitrogen and oxygen atoms in total. The van der Waals surface area contributed by atoms with Gasteiger partial charge in [0.05, 0.1) is 5.69 Å². The summed E-state index contributed by atoms with van der Waals surface area (Å²) in [5, 5.41) is 3.81. The molecule has 1 aromatic heterocycles. The van der Waals surface area contributed by atoms with Crippen molar-refractivity contribution in [1.29, 1.82) is 0 Å². The molecule has 6 heteroatoms. The zero-order chi connectivity index (χ0) is 20.1. The van der Waals surface area contributed by atoms with Gasteiger partial charge in [0.2, 0.25) is 0 Å². The minimum atomic E-state index is -0.0596. The molecule has 1 aliphatic rings. The third kappa shape index (κ3) is 5.06. The van der Waals surface area contributed by atoms with Crippen LogP contribution in [-0.2, 0) is 0 Å². The van der Waals surface area contributed by atoms with E-state index >= 15 is 0 Å². The van der Waals surface area contributed by atoms with Gasteiger partial charge in [-0.3, -0.25) is 9.59 Å². The average molecular weight is 400 g/mol. The van der Waals surface area contributed by atoms with Crippen molar-refractivity contribution in [3.05, 3.63) is 40.4 Å². The number of amides is 1. The van der Waals surface area contributed by atoms with E-state index in [4.69, 9.17) is 0 Å². The molecule has 1 atom stereocenters. The third-order valence-electron chi connectivity index (χ3n) is 5.37. The predicted molar refractivity (Wildman–Crippen MR) is 114 cm³/mol. The normalized spacial score (nSPS) is 17.5. The van der Waals surface area contributed by atoms with Crippen LogP contribution in [0.4, 0.5) is 0 Å². The Morgan fingerprint density at radius 1 is 1.32 bits per heavy atom. The number of rotatable bonds is 7. The van der Waals surface area contributed by atoms with E-state index in [1.54, 1.807) is 13.0 Å². The number of benzene rings is 1. The molecule has 1 N–H and O–H groups in total. The summed E-state index contributed by atoms with van der Waals surface area (Å²) in [5.41, 5.74) is 2.26. The Kier molecular flexibility index (Phi) is 6.97. The van der Waals surface area contributed by atoms with Gasteiger partial charge in [-0.05, 0) is 52.6 Å². The predicted octanol–water partition coefficient (Wildman–Crippen LogP) is 4.32. The maximum atomic E-state index is 12.6. The molecule has 0 radical (unpaired) electrons. The molecule has 1 aromatic carbocycles. The van der Waals surface area contributed by atoms with E-state index in [0.29, 0.717) is 23.0 Å². The highest BCUT2D eigenvalue weighted by Gasteiger charge is 2.19. The van der Waals surface area contributed by atoms with Crippen LogP contribution in [0.15, 0.2) is 24.3 Å². The number of nitrogens with one attached hydrogen (secondary N) is 1. The summed E-state index contributed by atoms with van der Waals surface area (Å²) in [6.45, 7) is 8.59. The van der Waals surface area contributed by atoms with Crippen molar-refractivity contribution in [3.8, 4) is 10.6 Å². The smallest absolute Gasteiger partial charge is 0.263 e. The highest BCUT2D eigenvalue weighted by Crippen LogP contribution is 2.28. The van der Waals surface area contributed by atoms with Gasteiger partial charge in [0.25, 0.3) is 5.91 Å². The first-order valence-corrected chi connectivity index (χ1v) is 10.9. The molecule has 3 rings (SSSR count). The summed E-state index contributed by atoms with van der Waals surface area (Å²) in [6, 6.07) is 8.06. The van der Waals surface area contributed by atoms with Crippen LogP contribution in [0.3, 0.4) is 0 Å².